The summed E-state index contributed by atoms with van der Waals surface area (Å²) in [6.07, 6.45) is 3.09. The van der Waals surface area contributed by atoms with Crippen molar-refractivity contribution < 1.29 is 4.39 Å². The van der Waals surface area contributed by atoms with Gasteiger partial charge in [-0.1, -0.05) is 18.2 Å². The summed E-state index contributed by atoms with van der Waals surface area (Å²) in [6.45, 7) is 0.737. The van der Waals surface area contributed by atoms with Gasteiger partial charge < -0.3 is 4.90 Å². The zero-order chi connectivity index (χ0) is 12.5. The van der Waals surface area contributed by atoms with E-state index < -0.39 is 5.82 Å². The molecule has 0 unspecified atom stereocenters. The van der Waals surface area contributed by atoms with Crippen molar-refractivity contribution in [3.05, 3.63) is 47.1 Å². The van der Waals surface area contributed by atoms with Gasteiger partial charge in [-0.25, -0.2) is 9.37 Å². The van der Waals surface area contributed by atoms with Crippen molar-refractivity contribution in [2.24, 2.45) is 0 Å². The Hall–Kier alpha value is -1.68. The minimum atomic E-state index is -0.448. The Kier molecular flexibility index (Phi) is 2.88. The Labute approximate surface area is 109 Å². The average Bonchev–Trinajstić information content (AvgIpc) is 2.41. The minimum Gasteiger partial charge on any atom is -0.324 e. The van der Waals surface area contributed by atoms with Crippen LogP contribution in [0.15, 0.2) is 30.5 Å². The third kappa shape index (κ3) is 1.93. The maximum atomic E-state index is 13.8. The SMILES string of the molecule is Fc1cnc(Cl)nc1N1CCCc2ccccc21. The van der Waals surface area contributed by atoms with E-state index in [1.807, 2.05) is 23.1 Å². The minimum absolute atomic E-state index is 0.0643. The van der Waals surface area contributed by atoms with Crippen molar-refractivity contribution in [2.45, 2.75) is 12.8 Å². The molecule has 0 fully saturated rings. The number of hydrogen-bond donors (Lipinski definition) is 0. The summed E-state index contributed by atoms with van der Waals surface area (Å²) in [5, 5.41) is 0.0643. The van der Waals surface area contributed by atoms with Gasteiger partial charge in [0.2, 0.25) is 5.28 Å². The summed E-state index contributed by atoms with van der Waals surface area (Å²) in [6, 6.07) is 7.97. The number of aryl methyl sites for hydroxylation is 1. The third-order valence-corrected chi connectivity index (χ3v) is 3.24. The largest absolute Gasteiger partial charge is 0.324 e. The Bertz CT molecular complexity index is 588. The summed E-state index contributed by atoms with van der Waals surface area (Å²) in [4.78, 5) is 9.51. The van der Waals surface area contributed by atoms with Crippen molar-refractivity contribution >= 4 is 23.1 Å². The normalized spacial score (nSPS) is 14.4. The molecular weight excluding hydrogens is 253 g/mol. The van der Waals surface area contributed by atoms with Crippen LogP contribution in [0.1, 0.15) is 12.0 Å². The van der Waals surface area contributed by atoms with Gasteiger partial charge in [0.05, 0.1) is 6.20 Å². The molecule has 2 aromatic rings. The highest BCUT2D eigenvalue weighted by Gasteiger charge is 2.21. The lowest BCUT2D eigenvalue weighted by Gasteiger charge is -2.30. The van der Waals surface area contributed by atoms with Crippen LogP contribution >= 0.6 is 11.6 Å². The van der Waals surface area contributed by atoms with Crippen molar-refractivity contribution in [3.8, 4) is 0 Å². The molecule has 0 saturated carbocycles. The van der Waals surface area contributed by atoms with Crippen LogP contribution < -0.4 is 4.90 Å². The summed E-state index contributed by atoms with van der Waals surface area (Å²) in [7, 11) is 0. The van der Waals surface area contributed by atoms with Gasteiger partial charge in [-0.15, -0.1) is 0 Å². The van der Waals surface area contributed by atoms with Gasteiger partial charge in [0, 0.05) is 12.2 Å². The summed E-state index contributed by atoms with van der Waals surface area (Å²) < 4.78 is 13.8. The number of fused-ring (bicyclic) bond motifs is 1. The molecule has 0 saturated heterocycles. The lowest BCUT2D eigenvalue weighted by molar-refractivity contribution is 0.605. The maximum Gasteiger partial charge on any atom is 0.224 e. The Morgan fingerprint density at radius 3 is 3.00 bits per heavy atom. The predicted octanol–water partition coefficient (Wildman–Crippen LogP) is 3.35. The first kappa shape index (κ1) is 11.4. The molecule has 5 heteroatoms. The second-order valence-corrected chi connectivity index (χ2v) is 4.53. The van der Waals surface area contributed by atoms with Gasteiger partial charge in [0.15, 0.2) is 11.6 Å². The molecule has 0 bridgehead atoms. The number of rotatable bonds is 1. The van der Waals surface area contributed by atoms with Crippen molar-refractivity contribution in [1.82, 2.24) is 9.97 Å². The highest BCUT2D eigenvalue weighted by Crippen LogP contribution is 2.33. The van der Waals surface area contributed by atoms with Crippen molar-refractivity contribution in [1.29, 1.82) is 0 Å². The molecule has 0 aliphatic carbocycles. The molecule has 0 spiro atoms. The molecule has 0 N–H and O–H groups in total. The number of aromatic nitrogens is 2. The highest BCUT2D eigenvalue weighted by molar-refractivity contribution is 6.28. The third-order valence-electron chi connectivity index (χ3n) is 3.06. The molecule has 3 rings (SSSR count). The summed E-state index contributed by atoms with van der Waals surface area (Å²) in [5.74, 6) is -0.196. The number of benzene rings is 1. The van der Waals surface area contributed by atoms with Crippen LogP contribution in [0.2, 0.25) is 5.28 Å². The van der Waals surface area contributed by atoms with Crippen LogP contribution in [0.25, 0.3) is 0 Å². The van der Waals surface area contributed by atoms with Crippen LogP contribution in [0.3, 0.4) is 0 Å². The number of hydrogen-bond acceptors (Lipinski definition) is 3. The zero-order valence-corrected chi connectivity index (χ0v) is 10.4. The van der Waals surface area contributed by atoms with E-state index in [1.54, 1.807) is 0 Å². The Morgan fingerprint density at radius 1 is 1.28 bits per heavy atom. The molecule has 0 atom stereocenters. The van der Waals surface area contributed by atoms with Crippen LogP contribution in [-0.2, 0) is 6.42 Å². The van der Waals surface area contributed by atoms with E-state index in [2.05, 4.69) is 16.0 Å². The number of nitrogens with zero attached hydrogens (tertiary/aromatic N) is 3. The second-order valence-electron chi connectivity index (χ2n) is 4.19. The highest BCUT2D eigenvalue weighted by atomic mass is 35.5. The molecule has 1 aliphatic rings. The van der Waals surface area contributed by atoms with E-state index in [4.69, 9.17) is 11.6 Å². The van der Waals surface area contributed by atoms with Gasteiger partial charge >= 0.3 is 0 Å². The first-order valence-electron chi connectivity index (χ1n) is 5.79. The van der Waals surface area contributed by atoms with Gasteiger partial charge in [-0.2, -0.15) is 4.98 Å². The fourth-order valence-electron chi connectivity index (χ4n) is 2.28. The molecule has 18 heavy (non-hydrogen) atoms. The van der Waals surface area contributed by atoms with E-state index in [0.29, 0.717) is 0 Å². The smallest absolute Gasteiger partial charge is 0.224 e. The Morgan fingerprint density at radius 2 is 2.11 bits per heavy atom. The molecule has 92 valence electrons. The molecule has 1 aromatic carbocycles. The monoisotopic (exact) mass is 263 g/mol. The van der Waals surface area contributed by atoms with Crippen molar-refractivity contribution in [2.75, 3.05) is 11.4 Å². The van der Waals surface area contributed by atoms with Gasteiger partial charge in [0.25, 0.3) is 0 Å². The molecule has 1 aliphatic heterocycles. The van der Waals surface area contributed by atoms with Crippen LogP contribution in [-0.4, -0.2) is 16.5 Å². The van der Waals surface area contributed by atoms with E-state index in [0.717, 1.165) is 31.3 Å². The fraction of sp³-hybridized carbons (Fsp3) is 0.231. The van der Waals surface area contributed by atoms with E-state index in [9.17, 15) is 4.39 Å². The first-order chi connectivity index (χ1) is 8.75. The maximum absolute atomic E-state index is 13.8. The number of halogens is 2. The molecular formula is C13H11ClFN3. The quantitative estimate of drug-likeness (QED) is 0.739. The molecule has 2 heterocycles. The molecule has 0 radical (unpaired) electrons. The first-order valence-corrected chi connectivity index (χ1v) is 6.17. The lowest BCUT2D eigenvalue weighted by Crippen LogP contribution is -2.26. The van der Waals surface area contributed by atoms with Crippen LogP contribution in [0.4, 0.5) is 15.9 Å². The molecule has 1 aromatic heterocycles. The summed E-state index contributed by atoms with van der Waals surface area (Å²) in [5.41, 5.74) is 2.20. The average molecular weight is 264 g/mol. The van der Waals surface area contributed by atoms with E-state index in [-0.39, 0.29) is 11.1 Å². The molecule has 0 amide bonds. The number of anilines is 2. The standard InChI is InChI=1S/C13H11ClFN3/c14-13-16-8-10(15)12(17-13)18-7-3-5-9-4-1-2-6-11(9)18/h1-2,4,6,8H,3,5,7H2. The van der Waals surface area contributed by atoms with E-state index in [1.165, 1.54) is 5.56 Å². The zero-order valence-electron chi connectivity index (χ0n) is 9.61. The van der Waals surface area contributed by atoms with E-state index >= 15 is 0 Å². The fourth-order valence-corrected chi connectivity index (χ4v) is 2.41. The van der Waals surface area contributed by atoms with Crippen molar-refractivity contribution in [3.63, 3.8) is 0 Å². The lowest BCUT2D eigenvalue weighted by atomic mass is 10.0. The second kappa shape index (κ2) is 4.53. The van der Waals surface area contributed by atoms with Gasteiger partial charge in [-0.3, -0.25) is 0 Å². The van der Waals surface area contributed by atoms with Gasteiger partial charge in [0.1, 0.15) is 0 Å². The molecule has 3 nitrogen and oxygen atoms in total. The predicted molar refractivity (Wildman–Crippen MR) is 68.8 cm³/mol. The van der Waals surface area contributed by atoms with Gasteiger partial charge in [-0.05, 0) is 36.1 Å². The number of para-hydroxylation sites is 1. The van der Waals surface area contributed by atoms with Crippen LogP contribution in [0, 0.1) is 5.82 Å². The summed E-state index contributed by atoms with van der Waals surface area (Å²) >= 11 is 5.75. The Balaban J connectivity index is 2.11. The van der Waals surface area contributed by atoms with Crippen LogP contribution in [0.5, 0.6) is 0 Å². The topological polar surface area (TPSA) is 29.0 Å².